The van der Waals surface area contributed by atoms with Crippen molar-refractivity contribution in [2.75, 3.05) is 0 Å². The van der Waals surface area contributed by atoms with Gasteiger partial charge in [-0.1, -0.05) is 12.2 Å². The van der Waals surface area contributed by atoms with Crippen LogP contribution in [0.15, 0.2) is 24.4 Å². The number of hydrogen-bond acceptors (Lipinski definition) is 2. The molecule has 3 N–H and O–H groups in total. The molecule has 0 spiro atoms. The van der Waals surface area contributed by atoms with Gasteiger partial charge in [0.25, 0.3) is 0 Å². The number of hydrogen-bond donors (Lipinski definition) is 2. The largest absolute Gasteiger partial charge is 0.303 e. The molecular formula is C6H10NO2+. The molecule has 0 radical (unpaired) electrons. The first-order valence-electron chi connectivity index (χ1n) is 2.64. The van der Waals surface area contributed by atoms with Gasteiger partial charge in [-0.2, -0.15) is 5.48 Å². The lowest BCUT2D eigenvalue weighted by Crippen LogP contribution is -2.73. The topological polar surface area (TPSA) is 53.9 Å². The highest BCUT2D eigenvalue weighted by Crippen LogP contribution is 1.76. The average molecular weight is 128 g/mol. The van der Waals surface area contributed by atoms with Gasteiger partial charge < -0.3 is 4.79 Å². The van der Waals surface area contributed by atoms with Gasteiger partial charge in [0.2, 0.25) is 0 Å². The number of nitrogens with two attached hydrogens (primary N) is 1. The Kier molecular flexibility index (Phi) is 6.34. The van der Waals surface area contributed by atoms with E-state index in [1.165, 1.54) is 6.20 Å². The molecule has 0 unspecified atom stereocenters. The molecule has 0 aliphatic heterocycles. The van der Waals surface area contributed by atoms with Crippen molar-refractivity contribution in [2.24, 2.45) is 0 Å². The molecule has 0 aliphatic carbocycles. The minimum Gasteiger partial charge on any atom is -0.303 e. The maximum atomic E-state index is 9.71. The van der Waals surface area contributed by atoms with Gasteiger partial charge in [-0.15, -0.1) is 0 Å². The van der Waals surface area contributed by atoms with Crippen molar-refractivity contribution in [3.05, 3.63) is 24.4 Å². The Morgan fingerprint density at radius 1 is 1.44 bits per heavy atom. The molecule has 0 aromatic carbocycles. The van der Waals surface area contributed by atoms with Crippen LogP contribution < -0.4 is 5.48 Å². The molecule has 0 saturated heterocycles. The van der Waals surface area contributed by atoms with E-state index in [0.717, 1.165) is 11.8 Å². The van der Waals surface area contributed by atoms with Crippen LogP contribution in [0.25, 0.3) is 0 Å². The van der Waals surface area contributed by atoms with E-state index in [-0.39, 0.29) is 0 Å². The average Bonchev–Trinajstić information content (AvgIpc) is 1.89. The fraction of sp³-hybridized carbons (Fsp3) is 0.167. The molecule has 0 fully saturated rings. The highest BCUT2D eigenvalue weighted by atomic mass is 16.5. The van der Waals surface area contributed by atoms with E-state index >= 15 is 0 Å². The first-order valence-corrected chi connectivity index (χ1v) is 2.64. The minimum absolute atomic E-state index is 0.426. The zero-order valence-electron chi connectivity index (χ0n) is 5.03. The van der Waals surface area contributed by atoms with Gasteiger partial charge in [-0.05, 0) is 6.08 Å². The smallest absolute Gasteiger partial charge is 0.125 e. The van der Waals surface area contributed by atoms with E-state index in [1.54, 1.807) is 18.2 Å². The lowest BCUT2D eigenvalue weighted by molar-refractivity contribution is -0.838. The van der Waals surface area contributed by atoms with Crippen molar-refractivity contribution in [3.8, 4) is 0 Å². The first kappa shape index (κ1) is 8.07. The van der Waals surface area contributed by atoms with Gasteiger partial charge in [0.15, 0.2) is 0 Å². The van der Waals surface area contributed by atoms with Crippen LogP contribution in [-0.4, -0.2) is 11.5 Å². The molecule has 0 saturated carbocycles. The molecule has 0 amide bonds. The maximum absolute atomic E-state index is 9.71. The summed E-state index contributed by atoms with van der Waals surface area (Å²) in [7, 11) is 0. The predicted octanol–water partition coefficient (Wildman–Crippen LogP) is -0.402. The number of quaternary nitrogens is 1. The lowest BCUT2D eigenvalue weighted by atomic mass is 10.4. The third-order valence-electron chi connectivity index (χ3n) is 0.677. The number of rotatable bonds is 4. The SMILES string of the molecule is O=CC/C=C\C=C/[NH2+]O. The van der Waals surface area contributed by atoms with Crippen molar-refractivity contribution in [2.45, 2.75) is 6.42 Å². The highest BCUT2D eigenvalue weighted by molar-refractivity contribution is 5.51. The van der Waals surface area contributed by atoms with Crippen LogP contribution in [0, 0.1) is 0 Å². The number of hydroxylamine groups is 1. The molecule has 3 heteroatoms. The van der Waals surface area contributed by atoms with Crippen molar-refractivity contribution >= 4 is 6.29 Å². The van der Waals surface area contributed by atoms with Gasteiger partial charge >= 0.3 is 0 Å². The Balaban J connectivity index is 3.23. The third kappa shape index (κ3) is 7.07. The van der Waals surface area contributed by atoms with Crippen LogP contribution in [0.2, 0.25) is 0 Å². The fourth-order valence-corrected chi connectivity index (χ4v) is 0.327. The zero-order chi connectivity index (χ0) is 6.95. The molecule has 0 aromatic rings. The normalized spacial score (nSPS) is 11.2. The standard InChI is InChI=1S/C6H9NO2/c8-6-4-2-1-3-5-7-9/h1-3,5-7,9H,4H2/p+1/b2-1-,5-3-. The monoisotopic (exact) mass is 128 g/mol. The Hall–Kier alpha value is -0.930. The molecule has 0 bridgehead atoms. The van der Waals surface area contributed by atoms with Gasteiger partial charge in [0, 0.05) is 6.42 Å². The van der Waals surface area contributed by atoms with E-state index < -0.39 is 0 Å². The quantitative estimate of drug-likeness (QED) is 0.307. The molecule has 9 heavy (non-hydrogen) atoms. The summed E-state index contributed by atoms with van der Waals surface area (Å²) in [5, 5.41) is 8.11. The van der Waals surface area contributed by atoms with Crippen LogP contribution in [0.4, 0.5) is 0 Å². The van der Waals surface area contributed by atoms with E-state index in [9.17, 15) is 4.79 Å². The zero-order valence-corrected chi connectivity index (χ0v) is 5.03. The summed E-state index contributed by atoms with van der Waals surface area (Å²) in [5.74, 6) is 0. The van der Waals surface area contributed by atoms with E-state index in [4.69, 9.17) is 5.21 Å². The molecule has 0 aromatic heterocycles. The fourth-order valence-electron chi connectivity index (χ4n) is 0.327. The van der Waals surface area contributed by atoms with Crippen molar-refractivity contribution in [1.82, 2.24) is 0 Å². The summed E-state index contributed by atoms with van der Waals surface area (Å²) in [6.07, 6.45) is 7.75. The van der Waals surface area contributed by atoms with Crippen LogP contribution in [0.3, 0.4) is 0 Å². The third-order valence-corrected chi connectivity index (χ3v) is 0.677. The lowest BCUT2D eigenvalue weighted by Gasteiger charge is -1.73. The number of allylic oxidation sites excluding steroid dienone is 3. The number of carbonyl (C=O) groups is 1. The van der Waals surface area contributed by atoms with Crippen molar-refractivity contribution < 1.29 is 15.5 Å². The summed E-state index contributed by atoms with van der Waals surface area (Å²) in [4.78, 5) is 9.71. The van der Waals surface area contributed by atoms with Crippen molar-refractivity contribution in [1.29, 1.82) is 0 Å². The van der Waals surface area contributed by atoms with Crippen LogP contribution in [0.1, 0.15) is 6.42 Å². The highest BCUT2D eigenvalue weighted by Gasteiger charge is 1.68. The Labute approximate surface area is 53.6 Å². The van der Waals surface area contributed by atoms with Crippen LogP contribution >= 0.6 is 0 Å². The Bertz CT molecular complexity index is 118. The maximum Gasteiger partial charge on any atom is 0.125 e. The van der Waals surface area contributed by atoms with Crippen LogP contribution in [-0.2, 0) is 4.79 Å². The molecule has 50 valence electrons. The summed E-state index contributed by atoms with van der Waals surface area (Å²) in [6.45, 7) is 0. The van der Waals surface area contributed by atoms with Gasteiger partial charge in [0.1, 0.15) is 12.5 Å². The molecule has 3 nitrogen and oxygen atoms in total. The molecule has 0 atom stereocenters. The van der Waals surface area contributed by atoms with E-state index in [1.807, 2.05) is 0 Å². The summed E-state index contributed by atoms with van der Waals surface area (Å²) < 4.78 is 0. The Morgan fingerprint density at radius 3 is 2.78 bits per heavy atom. The van der Waals surface area contributed by atoms with E-state index in [2.05, 4.69) is 0 Å². The molecule has 0 rings (SSSR count). The predicted molar refractivity (Wildman–Crippen MR) is 32.7 cm³/mol. The van der Waals surface area contributed by atoms with E-state index in [0.29, 0.717) is 6.42 Å². The van der Waals surface area contributed by atoms with Gasteiger partial charge in [-0.25, -0.2) is 5.21 Å². The summed E-state index contributed by atoms with van der Waals surface area (Å²) in [5.41, 5.74) is 0.936. The Morgan fingerprint density at radius 2 is 2.22 bits per heavy atom. The number of aldehydes is 1. The molecule has 0 aliphatic rings. The molecular weight excluding hydrogens is 118 g/mol. The second-order valence-corrected chi connectivity index (χ2v) is 1.36. The summed E-state index contributed by atoms with van der Waals surface area (Å²) >= 11 is 0. The number of carbonyl (C=O) groups excluding carboxylic acids is 1. The van der Waals surface area contributed by atoms with Crippen molar-refractivity contribution in [3.63, 3.8) is 0 Å². The van der Waals surface area contributed by atoms with Crippen LogP contribution in [0.5, 0.6) is 0 Å². The second-order valence-electron chi connectivity index (χ2n) is 1.36. The van der Waals surface area contributed by atoms with Gasteiger partial charge in [-0.3, -0.25) is 0 Å². The molecule has 0 heterocycles. The second kappa shape index (κ2) is 7.07. The van der Waals surface area contributed by atoms with Gasteiger partial charge in [0.05, 0.1) is 0 Å². The summed E-state index contributed by atoms with van der Waals surface area (Å²) in [6, 6.07) is 0. The first-order chi connectivity index (χ1) is 4.41. The minimum atomic E-state index is 0.426.